The first-order chi connectivity index (χ1) is 14.0. The molecule has 0 bridgehead atoms. The number of pyridine rings is 2. The number of nitrogens with one attached hydrogen (secondary N) is 1. The van der Waals surface area contributed by atoms with Gasteiger partial charge in [-0.1, -0.05) is 43.6 Å². The van der Waals surface area contributed by atoms with E-state index in [0.29, 0.717) is 39.8 Å². The number of hydrogen-bond acceptors (Lipinski definition) is 4. The molecule has 1 N–H and O–H groups in total. The van der Waals surface area contributed by atoms with Crippen LogP contribution in [0.2, 0.25) is 5.02 Å². The molecule has 0 radical (unpaired) electrons. The third kappa shape index (κ3) is 3.98. The number of aromatic nitrogens is 4. The quantitative estimate of drug-likeness (QED) is 0.512. The smallest absolute Gasteiger partial charge is 0.258 e. The number of anilines is 1. The van der Waals surface area contributed by atoms with E-state index >= 15 is 0 Å². The monoisotopic (exact) mass is 405 g/mol. The molecule has 0 saturated heterocycles. The zero-order valence-corrected chi connectivity index (χ0v) is 16.9. The molecule has 1 aromatic carbocycles. The fourth-order valence-electron chi connectivity index (χ4n) is 3.09. The van der Waals surface area contributed by atoms with Crippen LogP contribution in [-0.4, -0.2) is 25.7 Å². The van der Waals surface area contributed by atoms with Crippen molar-refractivity contribution in [3.8, 4) is 0 Å². The number of halogens is 1. The van der Waals surface area contributed by atoms with Gasteiger partial charge < -0.3 is 5.32 Å². The lowest BCUT2D eigenvalue weighted by molar-refractivity contribution is 0.102. The summed E-state index contributed by atoms with van der Waals surface area (Å²) in [4.78, 5) is 21.3. The Hall–Kier alpha value is -3.25. The predicted molar refractivity (Wildman–Crippen MR) is 114 cm³/mol. The van der Waals surface area contributed by atoms with Gasteiger partial charge in [0.1, 0.15) is 0 Å². The van der Waals surface area contributed by atoms with Gasteiger partial charge in [-0.25, -0.2) is 9.67 Å². The van der Waals surface area contributed by atoms with Crippen LogP contribution >= 0.6 is 11.6 Å². The van der Waals surface area contributed by atoms with E-state index in [1.165, 1.54) is 11.8 Å². The predicted octanol–water partition coefficient (Wildman–Crippen LogP) is 4.90. The number of rotatable bonds is 5. The van der Waals surface area contributed by atoms with Gasteiger partial charge in [0.15, 0.2) is 5.65 Å². The average molecular weight is 406 g/mol. The minimum atomic E-state index is -0.304. The average Bonchev–Trinajstić information content (AvgIpc) is 3.13. The molecule has 3 aromatic heterocycles. The molecule has 3 heterocycles. The van der Waals surface area contributed by atoms with Crippen molar-refractivity contribution in [3.63, 3.8) is 0 Å². The van der Waals surface area contributed by atoms with Crippen molar-refractivity contribution in [3.05, 3.63) is 82.9 Å². The minimum absolute atomic E-state index is 0.304. The van der Waals surface area contributed by atoms with E-state index in [-0.39, 0.29) is 5.91 Å². The van der Waals surface area contributed by atoms with Crippen LogP contribution in [0.15, 0.2) is 61.2 Å². The first kappa shape index (κ1) is 19.1. The highest BCUT2D eigenvalue weighted by Gasteiger charge is 2.17. The third-order valence-corrected chi connectivity index (χ3v) is 5.14. The fourth-order valence-corrected chi connectivity index (χ4v) is 3.35. The molecule has 0 fully saturated rings. The number of nitrogens with zero attached hydrogens (tertiary/aromatic N) is 4. The molecule has 4 rings (SSSR count). The molecular formula is C22H20ClN5O. The number of carbonyl (C=O) groups is 1. The number of fused-ring (bicyclic) bond motifs is 1. The maximum atomic E-state index is 12.7. The summed E-state index contributed by atoms with van der Waals surface area (Å²) in [6, 6.07) is 11.6. The number of amides is 1. The second-order valence-electron chi connectivity index (χ2n) is 7.12. The Kier molecular flexibility index (Phi) is 5.27. The lowest BCUT2D eigenvalue weighted by Gasteiger charge is -2.10. The van der Waals surface area contributed by atoms with Crippen LogP contribution in [0, 0.1) is 0 Å². The number of benzene rings is 1. The lowest BCUT2D eigenvalue weighted by Crippen LogP contribution is -2.13. The SMILES string of the molecule is CC(C)c1ccc(NC(=O)c2cnc3c(cnn3Cc3cccnc3)c2Cl)cc1. The van der Waals surface area contributed by atoms with Crippen molar-refractivity contribution >= 4 is 34.2 Å². The number of hydrogen-bond donors (Lipinski definition) is 1. The van der Waals surface area contributed by atoms with Gasteiger partial charge in [0.05, 0.1) is 28.7 Å². The molecule has 0 aliphatic carbocycles. The molecule has 0 unspecified atom stereocenters. The molecule has 7 heteroatoms. The first-order valence-electron chi connectivity index (χ1n) is 9.33. The Morgan fingerprint density at radius 2 is 1.93 bits per heavy atom. The van der Waals surface area contributed by atoms with Gasteiger partial charge in [-0.3, -0.25) is 9.78 Å². The van der Waals surface area contributed by atoms with Crippen molar-refractivity contribution in [2.24, 2.45) is 0 Å². The van der Waals surface area contributed by atoms with Crippen LogP contribution in [0.5, 0.6) is 0 Å². The van der Waals surface area contributed by atoms with Crippen LogP contribution in [0.1, 0.15) is 41.3 Å². The highest BCUT2D eigenvalue weighted by molar-refractivity contribution is 6.38. The number of carbonyl (C=O) groups excluding carboxylic acids is 1. The van der Waals surface area contributed by atoms with Gasteiger partial charge in [0, 0.05) is 24.3 Å². The van der Waals surface area contributed by atoms with Gasteiger partial charge in [0.2, 0.25) is 0 Å². The van der Waals surface area contributed by atoms with Gasteiger partial charge in [0.25, 0.3) is 5.91 Å². The minimum Gasteiger partial charge on any atom is -0.322 e. The van der Waals surface area contributed by atoms with Gasteiger partial charge in [-0.2, -0.15) is 5.10 Å². The first-order valence-corrected chi connectivity index (χ1v) is 9.71. The van der Waals surface area contributed by atoms with Crippen molar-refractivity contribution < 1.29 is 4.79 Å². The second-order valence-corrected chi connectivity index (χ2v) is 7.50. The Labute approximate surface area is 173 Å². The van der Waals surface area contributed by atoms with Gasteiger partial charge >= 0.3 is 0 Å². The van der Waals surface area contributed by atoms with Crippen LogP contribution in [0.3, 0.4) is 0 Å². The molecule has 6 nitrogen and oxygen atoms in total. The maximum Gasteiger partial charge on any atom is 0.258 e. The Bertz CT molecular complexity index is 1150. The van der Waals surface area contributed by atoms with Crippen molar-refractivity contribution in [1.29, 1.82) is 0 Å². The molecule has 29 heavy (non-hydrogen) atoms. The zero-order valence-electron chi connectivity index (χ0n) is 16.1. The molecule has 0 saturated carbocycles. The van der Waals surface area contributed by atoms with E-state index < -0.39 is 0 Å². The maximum absolute atomic E-state index is 12.7. The van der Waals surface area contributed by atoms with Crippen molar-refractivity contribution in [2.45, 2.75) is 26.3 Å². The van der Waals surface area contributed by atoms with E-state index in [2.05, 4.69) is 34.2 Å². The summed E-state index contributed by atoms with van der Waals surface area (Å²) in [7, 11) is 0. The molecule has 4 aromatic rings. The molecule has 0 atom stereocenters. The van der Waals surface area contributed by atoms with E-state index in [9.17, 15) is 4.79 Å². The molecule has 0 aliphatic heterocycles. The van der Waals surface area contributed by atoms with Gasteiger partial charge in [-0.15, -0.1) is 0 Å². The van der Waals surface area contributed by atoms with Crippen molar-refractivity contribution in [2.75, 3.05) is 5.32 Å². The summed E-state index contributed by atoms with van der Waals surface area (Å²) in [6.45, 7) is 4.78. The Morgan fingerprint density at radius 1 is 1.14 bits per heavy atom. The van der Waals surface area contributed by atoms with E-state index in [4.69, 9.17) is 11.6 Å². The largest absolute Gasteiger partial charge is 0.322 e. The second kappa shape index (κ2) is 8.01. The molecule has 146 valence electrons. The fraction of sp³-hybridized carbons (Fsp3) is 0.182. The van der Waals surface area contributed by atoms with E-state index in [1.54, 1.807) is 23.3 Å². The zero-order chi connectivity index (χ0) is 20.4. The lowest BCUT2D eigenvalue weighted by atomic mass is 10.0. The standard InChI is InChI=1S/C22H20ClN5O/c1-14(2)16-5-7-17(8-6-16)27-22(29)19-11-25-21-18(20(19)23)12-26-28(21)13-15-4-3-9-24-10-15/h3-12,14H,13H2,1-2H3,(H,27,29). The Morgan fingerprint density at radius 3 is 2.62 bits per heavy atom. The molecule has 0 aliphatic rings. The summed E-state index contributed by atoms with van der Waals surface area (Å²) in [6.07, 6.45) is 6.63. The summed E-state index contributed by atoms with van der Waals surface area (Å²) < 4.78 is 1.74. The van der Waals surface area contributed by atoms with E-state index in [0.717, 1.165) is 5.56 Å². The third-order valence-electron chi connectivity index (χ3n) is 4.74. The normalized spacial score (nSPS) is 11.2. The van der Waals surface area contributed by atoms with E-state index in [1.807, 2.05) is 36.4 Å². The summed E-state index contributed by atoms with van der Waals surface area (Å²) in [5.41, 5.74) is 3.86. The topological polar surface area (TPSA) is 72.7 Å². The van der Waals surface area contributed by atoms with Crippen LogP contribution in [0.25, 0.3) is 11.0 Å². The molecule has 0 spiro atoms. The van der Waals surface area contributed by atoms with Crippen LogP contribution in [-0.2, 0) is 6.54 Å². The summed E-state index contributed by atoms with van der Waals surface area (Å²) >= 11 is 6.52. The molecular weight excluding hydrogens is 386 g/mol. The molecule has 1 amide bonds. The summed E-state index contributed by atoms with van der Waals surface area (Å²) in [5.74, 6) is 0.130. The van der Waals surface area contributed by atoms with Crippen molar-refractivity contribution in [1.82, 2.24) is 19.7 Å². The van der Waals surface area contributed by atoms with Gasteiger partial charge in [-0.05, 0) is 35.2 Å². The van der Waals surface area contributed by atoms with Crippen LogP contribution < -0.4 is 5.32 Å². The highest BCUT2D eigenvalue weighted by Crippen LogP contribution is 2.27. The van der Waals surface area contributed by atoms with Crippen LogP contribution in [0.4, 0.5) is 5.69 Å². The highest BCUT2D eigenvalue weighted by atomic mass is 35.5. The summed E-state index contributed by atoms with van der Waals surface area (Å²) in [5, 5.41) is 8.22. The Balaban J connectivity index is 1.58.